The number of rotatable bonds is 2. The van der Waals surface area contributed by atoms with Crippen LogP contribution in [0.5, 0.6) is 0 Å². The third-order valence-electron chi connectivity index (χ3n) is 1.97. The second-order valence-corrected chi connectivity index (χ2v) is 4.28. The molecule has 4 nitrogen and oxygen atoms in total. The van der Waals surface area contributed by atoms with E-state index >= 15 is 0 Å². The first kappa shape index (κ1) is 15.7. The zero-order chi connectivity index (χ0) is 14.8. The van der Waals surface area contributed by atoms with E-state index < -0.39 is 5.82 Å². The van der Waals surface area contributed by atoms with Gasteiger partial charge in [0.15, 0.2) is 0 Å². The highest BCUT2D eigenvalue weighted by Gasteiger charge is 1.89. The van der Waals surface area contributed by atoms with E-state index in [1.807, 2.05) is 6.07 Å². The van der Waals surface area contributed by atoms with Gasteiger partial charge in [0, 0.05) is 10.5 Å². The van der Waals surface area contributed by atoms with Crippen molar-refractivity contribution >= 4 is 39.5 Å². The molecule has 0 amide bonds. The van der Waals surface area contributed by atoms with Gasteiger partial charge in [-0.1, -0.05) is 28.1 Å². The number of isocyanates is 2. The Hall–Kier alpha value is -2.39. The topological polar surface area (TPSA) is 58.9 Å². The van der Waals surface area contributed by atoms with Crippen molar-refractivity contribution in [1.82, 2.24) is 0 Å². The van der Waals surface area contributed by atoms with Gasteiger partial charge < -0.3 is 0 Å². The van der Waals surface area contributed by atoms with Crippen molar-refractivity contribution in [2.75, 3.05) is 0 Å². The highest BCUT2D eigenvalue weighted by molar-refractivity contribution is 9.10. The summed E-state index contributed by atoms with van der Waals surface area (Å²) in [7, 11) is 0. The average Bonchev–Trinajstić information content (AvgIpc) is 2.40. The van der Waals surface area contributed by atoms with Crippen LogP contribution in [0.2, 0.25) is 0 Å². The van der Waals surface area contributed by atoms with Crippen LogP contribution in [-0.4, -0.2) is 12.2 Å². The lowest BCUT2D eigenvalue weighted by atomic mass is 10.3. The Morgan fingerprint density at radius 2 is 1.45 bits per heavy atom. The zero-order valence-corrected chi connectivity index (χ0v) is 11.7. The molecule has 0 atom stereocenters. The summed E-state index contributed by atoms with van der Waals surface area (Å²) in [6, 6.07) is 12.6. The van der Waals surface area contributed by atoms with E-state index in [1.54, 1.807) is 18.2 Å². The van der Waals surface area contributed by atoms with E-state index in [4.69, 9.17) is 0 Å². The highest BCUT2D eigenvalue weighted by Crippen LogP contribution is 2.17. The van der Waals surface area contributed by atoms with Crippen molar-refractivity contribution in [1.29, 1.82) is 0 Å². The minimum Gasteiger partial charge on any atom is -0.211 e. The molecule has 0 N–H and O–H groups in total. The van der Waals surface area contributed by atoms with Crippen molar-refractivity contribution in [3.8, 4) is 0 Å². The first-order valence-corrected chi connectivity index (χ1v) is 6.12. The monoisotopic (exact) mass is 334 g/mol. The molecule has 0 saturated carbocycles. The molecule has 0 aliphatic carbocycles. The molecule has 2 aromatic carbocycles. The Balaban J connectivity index is 0.000000200. The summed E-state index contributed by atoms with van der Waals surface area (Å²) in [5.74, 6) is -0.406. The van der Waals surface area contributed by atoms with Crippen LogP contribution in [0.1, 0.15) is 0 Å². The SMILES string of the molecule is O=C=Nc1cccc(Br)c1.O=C=Nc1cccc(F)c1. The quantitative estimate of drug-likeness (QED) is 0.610. The molecule has 100 valence electrons. The van der Waals surface area contributed by atoms with Crippen LogP contribution < -0.4 is 0 Å². The largest absolute Gasteiger partial charge is 0.240 e. The first-order valence-electron chi connectivity index (χ1n) is 5.32. The maximum atomic E-state index is 12.3. The van der Waals surface area contributed by atoms with Crippen molar-refractivity contribution in [2.45, 2.75) is 0 Å². The van der Waals surface area contributed by atoms with Crippen LogP contribution in [0.4, 0.5) is 15.8 Å². The van der Waals surface area contributed by atoms with Gasteiger partial charge in [0.1, 0.15) is 5.82 Å². The summed E-state index contributed by atoms with van der Waals surface area (Å²) < 4.78 is 13.2. The minimum absolute atomic E-state index is 0.287. The molecule has 0 unspecified atom stereocenters. The van der Waals surface area contributed by atoms with Crippen LogP contribution in [0.25, 0.3) is 0 Å². The number of carbonyl (C=O) groups excluding carboxylic acids is 2. The lowest BCUT2D eigenvalue weighted by Gasteiger charge is -1.88. The Morgan fingerprint density at radius 1 is 0.900 bits per heavy atom. The van der Waals surface area contributed by atoms with Gasteiger partial charge in [-0.3, -0.25) is 0 Å². The maximum absolute atomic E-state index is 12.3. The van der Waals surface area contributed by atoms with E-state index in [-0.39, 0.29) is 5.69 Å². The van der Waals surface area contributed by atoms with Gasteiger partial charge in [-0.2, -0.15) is 9.98 Å². The van der Waals surface area contributed by atoms with Crippen LogP contribution >= 0.6 is 15.9 Å². The summed E-state index contributed by atoms with van der Waals surface area (Å²) in [6.45, 7) is 0. The second kappa shape index (κ2) is 8.67. The molecule has 0 aliphatic rings. The van der Waals surface area contributed by atoms with Crippen molar-refractivity contribution in [3.05, 3.63) is 58.8 Å². The molecule has 0 aromatic heterocycles. The van der Waals surface area contributed by atoms with Gasteiger partial charge in [-0.25, -0.2) is 14.0 Å². The molecule has 0 aliphatic heterocycles. The molecule has 2 aromatic rings. The highest BCUT2D eigenvalue weighted by atomic mass is 79.9. The van der Waals surface area contributed by atoms with Crippen molar-refractivity contribution in [2.24, 2.45) is 9.98 Å². The summed E-state index contributed by atoms with van der Waals surface area (Å²) in [5, 5.41) is 0. The van der Waals surface area contributed by atoms with E-state index in [9.17, 15) is 14.0 Å². The van der Waals surface area contributed by atoms with E-state index in [0.717, 1.165) is 10.5 Å². The Labute approximate surface area is 122 Å². The molecular weight excluding hydrogens is 327 g/mol. The van der Waals surface area contributed by atoms with Gasteiger partial charge in [0.25, 0.3) is 0 Å². The Bertz CT molecular complexity index is 619. The fourth-order valence-electron chi connectivity index (χ4n) is 1.20. The number of aliphatic imine (C=N–C) groups is 2. The average molecular weight is 335 g/mol. The summed E-state index contributed by atoms with van der Waals surface area (Å²) in [5.41, 5.74) is 0.902. The van der Waals surface area contributed by atoms with Crippen LogP contribution in [-0.2, 0) is 9.59 Å². The molecule has 20 heavy (non-hydrogen) atoms. The van der Waals surface area contributed by atoms with E-state index in [0.29, 0.717) is 5.69 Å². The Morgan fingerprint density at radius 3 is 1.95 bits per heavy atom. The second-order valence-electron chi connectivity index (χ2n) is 3.37. The predicted octanol–water partition coefficient (Wildman–Crippen LogP) is 4.21. The molecule has 0 saturated heterocycles. The van der Waals surface area contributed by atoms with Crippen LogP contribution in [0.15, 0.2) is 63.0 Å². The van der Waals surface area contributed by atoms with E-state index in [1.165, 1.54) is 30.4 Å². The van der Waals surface area contributed by atoms with Crippen molar-refractivity contribution < 1.29 is 14.0 Å². The van der Waals surface area contributed by atoms with Gasteiger partial charge in [-0.15, -0.1) is 0 Å². The Kier molecular flexibility index (Phi) is 6.79. The van der Waals surface area contributed by atoms with Gasteiger partial charge in [-0.05, 0) is 30.3 Å². The molecule has 6 heteroatoms. The number of halogens is 2. The molecular formula is C14H8BrFN2O2. The minimum atomic E-state index is -0.406. The molecule has 2 rings (SSSR count). The van der Waals surface area contributed by atoms with Crippen LogP contribution in [0, 0.1) is 5.82 Å². The fraction of sp³-hybridized carbons (Fsp3) is 0. The third-order valence-corrected chi connectivity index (χ3v) is 2.46. The summed E-state index contributed by atoms with van der Waals surface area (Å²) in [4.78, 5) is 26.1. The van der Waals surface area contributed by atoms with Crippen LogP contribution in [0.3, 0.4) is 0 Å². The lowest BCUT2D eigenvalue weighted by molar-refractivity contribution is 0.564. The fourth-order valence-corrected chi connectivity index (χ4v) is 1.58. The number of benzene rings is 2. The first-order chi connectivity index (χ1) is 9.65. The molecule has 0 heterocycles. The molecule has 0 bridgehead atoms. The molecule has 0 radical (unpaired) electrons. The normalized spacial score (nSPS) is 8.50. The number of nitrogens with zero attached hydrogens (tertiary/aromatic N) is 2. The van der Waals surface area contributed by atoms with E-state index in [2.05, 4.69) is 25.9 Å². The number of hydrogen-bond donors (Lipinski definition) is 0. The molecule has 0 spiro atoms. The smallest absolute Gasteiger partial charge is 0.211 e. The van der Waals surface area contributed by atoms with Gasteiger partial charge in [0.05, 0.1) is 11.4 Å². The standard InChI is InChI=1S/C7H4BrNO.C7H4FNO/c2*8-6-2-1-3-7(4-6)9-5-10/h2*1-4H. The lowest BCUT2D eigenvalue weighted by Crippen LogP contribution is -1.69. The number of hydrogen-bond acceptors (Lipinski definition) is 4. The third kappa shape index (κ3) is 5.98. The predicted molar refractivity (Wildman–Crippen MR) is 76.1 cm³/mol. The van der Waals surface area contributed by atoms with Gasteiger partial charge in [0.2, 0.25) is 12.2 Å². The molecule has 0 fully saturated rings. The van der Waals surface area contributed by atoms with Crippen molar-refractivity contribution in [3.63, 3.8) is 0 Å². The summed E-state index contributed by atoms with van der Waals surface area (Å²) in [6.07, 6.45) is 2.78. The summed E-state index contributed by atoms with van der Waals surface area (Å²) >= 11 is 3.24. The maximum Gasteiger partial charge on any atom is 0.240 e. The van der Waals surface area contributed by atoms with Gasteiger partial charge >= 0.3 is 0 Å². The zero-order valence-electron chi connectivity index (χ0n) is 10.1.